The predicted octanol–water partition coefficient (Wildman–Crippen LogP) is 0.914. The number of thioether (sulfide) groups is 1. The van der Waals surface area contributed by atoms with Crippen molar-refractivity contribution < 1.29 is 0 Å². The standard InChI is InChI=1S/C11H18N4S/c1-15(9-3-5-16-7-9)11(6-12)10-2-4-13-8-14-10/h2,4,8-9,11H,3,5-7,12H2,1H3. The molecule has 2 N–H and O–H groups in total. The average molecular weight is 238 g/mol. The minimum atomic E-state index is 0.215. The highest BCUT2D eigenvalue weighted by Crippen LogP contribution is 2.27. The van der Waals surface area contributed by atoms with Crippen LogP contribution < -0.4 is 5.73 Å². The van der Waals surface area contributed by atoms with E-state index in [1.165, 1.54) is 17.9 Å². The fraction of sp³-hybridized carbons (Fsp3) is 0.636. The third-order valence-electron chi connectivity index (χ3n) is 3.14. The number of hydrogen-bond donors (Lipinski definition) is 1. The number of nitrogens with two attached hydrogens (primary N) is 1. The highest BCUT2D eigenvalue weighted by atomic mass is 32.2. The van der Waals surface area contributed by atoms with Crippen LogP contribution in [0.25, 0.3) is 0 Å². The van der Waals surface area contributed by atoms with Gasteiger partial charge in [-0.05, 0) is 25.3 Å². The SMILES string of the molecule is CN(C1CCSC1)C(CN)c1ccncn1. The molecular weight excluding hydrogens is 220 g/mol. The van der Waals surface area contributed by atoms with Crippen LogP contribution in [-0.4, -0.2) is 46.0 Å². The average Bonchev–Trinajstić information content (AvgIpc) is 2.85. The van der Waals surface area contributed by atoms with Crippen LogP contribution in [0.15, 0.2) is 18.6 Å². The van der Waals surface area contributed by atoms with Crippen molar-refractivity contribution in [2.45, 2.75) is 18.5 Å². The molecule has 1 aliphatic rings. The van der Waals surface area contributed by atoms with Gasteiger partial charge in [-0.2, -0.15) is 11.8 Å². The molecule has 0 aromatic carbocycles. The van der Waals surface area contributed by atoms with E-state index in [1.54, 1.807) is 12.5 Å². The highest BCUT2D eigenvalue weighted by molar-refractivity contribution is 7.99. The van der Waals surface area contributed by atoms with Crippen LogP contribution in [0.3, 0.4) is 0 Å². The summed E-state index contributed by atoms with van der Waals surface area (Å²) in [5.41, 5.74) is 6.89. The van der Waals surface area contributed by atoms with Crippen molar-refractivity contribution in [1.82, 2.24) is 14.9 Å². The molecule has 2 atom stereocenters. The lowest BCUT2D eigenvalue weighted by atomic mass is 10.1. The number of aromatic nitrogens is 2. The summed E-state index contributed by atoms with van der Waals surface area (Å²) in [6, 6.07) is 2.80. The first-order chi connectivity index (χ1) is 7.83. The molecule has 0 radical (unpaired) electrons. The van der Waals surface area contributed by atoms with Gasteiger partial charge in [-0.15, -0.1) is 0 Å². The monoisotopic (exact) mass is 238 g/mol. The van der Waals surface area contributed by atoms with Crippen LogP contribution in [0.1, 0.15) is 18.2 Å². The molecule has 2 unspecified atom stereocenters. The van der Waals surface area contributed by atoms with Crippen molar-refractivity contribution in [3.63, 3.8) is 0 Å². The second-order valence-corrected chi connectivity index (χ2v) is 5.22. The number of rotatable bonds is 4. The third kappa shape index (κ3) is 2.53. The van der Waals surface area contributed by atoms with Crippen LogP contribution in [-0.2, 0) is 0 Å². The topological polar surface area (TPSA) is 55.0 Å². The van der Waals surface area contributed by atoms with Gasteiger partial charge in [0.05, 0.1) is 11.7 Å². The van der Waals surface area contributed by atoms with Crippen LogP contribution in [0.5, 0.6) is 0 Å². The largest absolute Gasteiger partial charge is 0.329 e. The molecule has 0 spiro atoms. The molecule has 1 aromatic rings. The number of nitrogens with zero attached hydrogens (tertiary/aromatic N) is 3. The molecule has 1 aromatic heterocycles. The van der Waals surface area contributed by atoms with Crippen LogP contribution in [0.2, 0.25) is 0 Å². The van der Waals surface area contributed by atoms with E-state index < -0.39 is 0 Å². The molecule has 2 rings (SSSR count). The lowest BCUT2D eigenvalue weighted by molar-refractivity contribution is 0.189. The van der Waals surface area contributed by atoms with Crippen molar-refractivity contribution >= 4 is 11.8 Å². The van der Waals surface area contributed by atoms with E-state index >= 15 is 0 Å². The normalized spacial score (nSPS) is 22.6. The van der Waals surface area contributed by atoms with Gasteiger partial charge >= 0.3 is 0 Å². The molecular formula is C11H18N4S. The molecule has 5 heteroatoms. The Kier molecular flexibility index (Phi) is 4.15. The summed E-state index contributed by atoms with van der Waals surface area (Å²) in [5, 5.41) is 0. The van der Waals surface area contributed by atoms with Crippen molar-refractivity contribution in [2.24, 2.45) is 5.73 Å². The summed E-state index contributed by atoms with van der Waals surface area (Å²) in [5.74, 6) is 2.47. The van der Waals surface area contributed by atoms with Crippen LogP contribution in [0, 0.1) is 0 Å². The van der Waals surface area contributed by atoms with E-state index in [0.29, 0.717) is 12.6 Å². The van der Waals surface area contributed by atoms with Gasteiger partial charge in [0.15, 0.2) is 0 Å². The fourth-order valence-electron chi connectivity index (χ4n) is 2.09. The molecule has 0 saturated carbocycles. The van der Waals surface area contributed by atoms with Gasteiger partial charge < -0.3 is 5.73 Å². The zero-order valence-electron chi connectivity index (χ0n) is 9.54. The van der Waals surface area contributed by atoms with Gasteiger partial charge in [-0.3, -0.25) is 4.90 Å². The van der Waals surface area contributed by atoms with Crippen molar-refractivity contribution in [3.05, 3.63) is 24.3 Å². The van der Waals surface area contributed by atoms with E-state index in [1.807, 2.05) is 17.8 Å². The minimum absolute atomic E-state index is 0.215. The highest BCUT2D eigenvalue weighted by Gasteiger charge is 2.26. The molecule has 4 nitrogen and oxygen atoms in total. The zero-order chi connectivity index (χ0) is 11.4. The summed E-state index contributed by atoms with van der Waals surface area (Å²) in [6.45, 7) is 0.606. The molecule has 2 heterocycles. The van der Waals surface area contributed by atoms with Crippen molar-refractivity contribution in [2.75, 3.05) is 25.1 Å². The van der Waals surface area contributed by atoms with Gasteiger partial charge in [-0.1, -0.05) is 0 Å². The third-order valence-corrected chi connectivity index (χ3v) is 4.29. The first kappa shape index (κ1) is 11.8. The Labute approximate surface area is 101 Å². The maximum Gasteiger partial charge on any atom is 0.115 e. The van der Waals surface area contributed by atoms with E-state index in [0.717, 1.165) is 5.69 Å². The Morgan fingerprint density at radius 1 is 1.69 bits per heavy atom. The summed E-state index contributed by atoms with van der Waals surface area (Å²) in [4.78, 5) is 10.6. The second-order valence-electron chi connectivity index (χ2n) is 4.07. The van der Waals surface area contributed by atoms with Gasteiger partial charge in [0.1, 0.15) is 6.33 Å². The first-order valence-electron chi connectivity index (χ1n) is 5.58. The predicted molar refractivity (Wildman–Crippen MR) is 67.3 cm³/mol. The van der Waals surface area contributed by atoms with E-state index in [4.69, 9.17) is 5.73 Å². The lowest BCUT2D eigenvalue weighted by Gasteiger charge is -2.31. The summed E-state index contributed by atoms with van der Waals surface area (Å²) in [7, 11) is 2.15. The first-order valence-corrected chi connectivity index (χ1v) is 6.74. The molecule has 0 amide bonds. The van der Waals surface area contributed by atoms with Crippen molar-refractivity contribution in [3.8, 4) is 0 Å². The Morgan fingerprint density at radius 2 is 2.56 bits per heavy atom. The molecule has 16 heavy (non-hydrogen) atoms. The van der Waals surface area contributed by atoms with Gasteiger partial charge in [0.25, 0.3) is 0 Å². The van der Waals surface area contributed by atoms with Gasteiger partial charge in [-0.25, -0.2) is 9.97 Å². The Hall–Kier alpha value is -0.650. The molecule has 0 aliphatic carbocycles. The summed E-state index contributed by atoms with van der Waals surface area (Å²) >= 11 is 2.02. The maximum absolute atomic E-state index is 5.86. The Morgan fingerprint density at radius 3 is 3.12 bits per heavy atom. The summed E-state index contributed by atoms with van der Waals surface area (Å²) < 4.78 is 0. The fourth-order valence-corrected chi connectivity index (χ4v) is 3.37. The van der Waals surface area contributed by atoms with Crippen LogP contribution in [0.4, 0.5) is 0 Å². The Balaban J connectivity index is 2.09. The maximum atomic E-state index is 5.86. The lowest BCUT2D eigenvalue weighted by Crippen LogP contribution is -2.39. The second kappa shape index (κ2) is 5.61. The molecule has 88 valence electrons. The van der Waals surface area contributed by atoms with Gasteiger partial charge in [0, 0.05) is 24.5 Å². The summed E-state index contributed by atoms with van der Waals surface area (Å²) in [6.07, 6.45) is 4.63. The van der Waals surface area contributed by atoms with Crippen molar-refractivity contribution in [1.29, 1.82) is 0 Å². The molecule has 1 saturated heterocycles. The minimum Gasteiger partial charge on any atom is -0.329 e. The quantitative estimate of drug-likeness (QED) is 0.845. The molecule has 1 fully saturated rings. The van der Waals surface area contributed by atoms with Crippen LogP contribution >= 0.6 is 11.8 Å². The van der Waals surface area contributed by atoms with E-state index in [2.05, 4.69) is 21.9 Å². The van der Waals surface area contributed by atoms with E-state index in [-0.39, 0.29) is 6.04 Å². The number of hydrogen-bond acceptors (Lipinski definition) is 5. The Bertz CT molecular complexity index is 313. The van der Waals surface area contributed by atoms with E-state index in [9.17, 15) is 0 Å². The smallest absolute Gasteiger partial charge is 0.115 e. The number of likely N-dealkylation sites (N-methyl/N-ethyl adjacent to an activating group) is 1. The zero-order valence-corrected chi connectivity index (χ0v) is 10.4. The molecule has 0 bridgehead atoms. The molecule has 1 aliphatic heterocycles. The van der Waals surface area contributed by atoms with Gasteiger partial charge in [0.2, 0.25) is 0 Å².